The number of morpholine rings is 1. The van der Waals surface area contributed by atoms with Gasteiger partial charge >= 0.3 is 12.1 Å². The second-order valence-electron chi connectivity index (χ2n) is 6.31. The van der Waals surface area contributed by atoms with Crippen LogP contribution in [0.5, 0.6) is 0 Å². The van der Waals surface area contributed by atoms with E-state index >= 15 is 0 Å². The van der Waals surface area contributed by atoms with Crippen LogP contribution in [0.2, 0.25) is 0 Å². The standard InChI is InChI=1S/C17H22F3N3O4/c1-11(16(25)26)22(2)10-15(24)21-13-9-12(17(18,19)20)3-4-14(13)23-5-7-27-8-6-23/h3-4,9,11H,5-8,10H2,1-2H3,(H,21,24)(H,25,26). The zero-order valence-electron chi connectivity index (χ0n) is 15.0. The van der Waals surface area contributed by atoms with Crippen molar-refractivity contribution in [2.75, 3.05) is 50.1 Å². The molecule has 0 aromatic heterocycles. The number of carboxylic acids is 1. The quantitative estimate of drug-likeness (QED) is 0.773. The molecule has 7 nitrogen and oxygen atoms in total. The summed E-state index contributed by atoms with van der Waals surface area (Å²) < 4.78 is 44.4. The lowest BCUT2D eigenvalue weighted by Crippen LogP contribution is -2.41. The Morgan fingerprint density at radius 1 is 1.33 bits per heavy atom. The SMILES string of the molecule is CC(C(=O)O)N(C)CC(=O)Nc1cc(C(F)(F)F)ccc1N1CCOCC1. The Morgan fingerprint density at radius 3 is 2.52 bits per heavy atom. The van der Waals surface area contributed by atoms with Crippen molar-refractivity contribution in [2.45, 2.75) is 19.1 Å². The van der Waals surface area contributed by atoms with Gasteiger partial charge in [-0.3, -0.25) is 14.5 Å². The number of halogens is 3. The van der Waals surface area contributed by atoms with E-state index in [0.717, 1.165) is 12.1 Å². The molecule has 1 aromatic rings. The summed E-state index contributed by atoms with van der Waals surface area (Å²) in [5, 5.41) is 11.5. The summed E-state index contributed by atoms with van der Waals surface area (Å²) in [5.41, 5.74) is -0.372. The van der Waals surface area contributed by atoms with Gasteiger partial charge in [0.15, 0.2) is 0 Å². The number of rotatable bonds is 6. The van der Waals surface area contributed by atoms with E-state index in [0.29, 0.717) is 32.0 Å². The van der Waals surface area contributed by atoms with Gasteiger partial charge in [-0.05, 0) is 32.2 Å². The number of nitrogens with zero attached hydrogens (tertiary/aromatic N) is 2. The Balaban J connectivity index is 2.23. The second kappa shape index (κ2) is 8.57. The first-order valence-electron chi connectivity index (χ1n) is 8.36. The molecule has 0 saturated carbocycles. The maximum Gasteiger partial charge on any atom is 0.416 e. The molecule has 1 atom stereocenters. The number of carboxylic acid groups (broad SMARTS) is 1. The summed E-state index contributed by atoms with van der Waals surface area (Å²) in [6.45, 7) is 3.00. The number of hydrogen-bond acceptors (Lipinski definition) is 5. The lowest BCUT2D eigenvalue weighted by Gasteiger charge is -2.31. The van der Waals surface area contributed by atoms with Crippen LogP contribution in [0.4, 0.5) is 24.5 Å². The molecular weight excluding hydrogens is 367 g/mol. The molecule has 27 heavy (non-hydrogen) atoms. The molecule has 0 spiro atoms. The molecule has 1 aliphatic rings. The van der Waals surface area contributed by atoms with Gasteiger partial charge in [0.2, 0.25) is 5.91 Å². The first-order chi connectivity index (χ1) is 12.6. The summed E-state index contributed by atoms with van der Waals surface area (Å²) in [4.78, 5) is 26.4. The molecule has 0 bridgehead atoms. The van der Waals surface area contributed by atoms with E-state index in [1.807, 2.05) is 4.90 Å². The van der Waals surface area contributed by atoms with Crippen LogP contribution in [0.25, 0.3) is 0 Å². The van der Waals surface area contributed by atoms with Crippen molar-refractivity contribution >= 4 is 23.3 Å². The van der Waals surface area contributed by atoms with Gasteiger partial charge in [-0.2, -0.15) is 13.2 Å². The normalized spacial score (nSPS) is 16.3. The van der Waals surface area contributed by atoms with E-state index in [1.54, 1.807) is 0 Å². The molecule has 1 aliphatic heterocycles. The molecule has 150 valence electrons. The van der Waals surface area contributed by atoms with E-state index in [9.17, 15) is 22.8 Å². The van der Waals surface area contributed by atoms with Crippen molar-refractivity contribution in [3.8, 4) is 0 Å². The Hall–Kier alpha value is -2.33. The molecule has 0 aliphatic carbocycles. The topological polar surface area (TPSA) is 82.1 Å². The zero-order valence-corrected chi connectivity index (χ0v) is 15.0. The maximum atomic E-state index is 13.1. The van der Waals surface area contributed by atoms with Gasteiger partial charge in [0.05, 0.1) is 36.7 Å². The van der Waals surface area contributed by atoms with Gasteiger partial charge in [0.1, 0.15) is 6.04 Å². The van der Waals surface area contributed by atoms with E-state index in [2.05, 4.69) is 5.32 Å². The lowest BCUT2D eigenvalue weighted by molar-refractivity contribution is -0.142. The smallest absolute Gasteiger partial charge is 0.416 e. The number of carbonyl (C=O) groups is 2. The van der Waals surface area contributed by atoms with E-state index < -0.39 is 29.7 Å². The number of hydrogen-bond donors (Lipinski definition) is 2. The van der Waals surface area contributed by atoms with E-state index in [4.69, 9.17) is 9.84 Å². The lowest BCUT2D eigenvalue weighted by atomic mass is 10.1. The molecule has 1 saturated heterocycles. The van der Waals surface area contributed by atoms with Crippen LogP contribution in [0.15, 0.2) is 18.2 Å². The number of benzene rings is 1. The third kappa shape index (κ3) is 5.57. The number of aliphatic carboxylic acids is 1. The summed E-state index contributed by atoms with van der Waals surface area (Å²) >= 11 is 0. The molecule has 1 heterocycles. The van der Waals surface area contributed by atoms with Gasteiger partial charge in [-0.25, -0.2) is 0 Å². The molecule has 1 aromatic carbocycles. The maximum absolute atomic E-state index is 13.1. The highest BCUT2D eigenvalue weighted by Gasteiger charge is 2.32. The molecule has 10 heteroatoms. The van der Waals surface area contributed by atoms with Crippen LogP contribution in [0.3, 0.4) is 0 Å². The van der Waals surface area contributed by atoms with Gasteiger partial charge in [-0.1, -0.05) is 0 Å². The number of nitrogens with one attached hydrogen (secondary N) is 1. The first-order valence-corrected chi connectivity index (χ1v) is 8.36. The minimum Gasteiger partial charge on any atom is -0.480 e. The van der Waals surface area contributed by atoms with Crippen molar-refractivity contribution in [1.82, 2.24) is 4.90 Å². The van der Waals surface area contributed by atoms with Crippen LogP contribution in [-0.4, -0.2) is 67.8 Å². The number of anilines is 2. The van der Waals surface area contributed by atoms with E-state index in [-0.39, 0.29) is 12.2 Å². The van der Waals surface area contributed by atoms with Crippen molar-refractivity contribution in [3.05, 3.63) is 23.8 Å². The molecular formula is C17H22F3N3O4. The minimum absolute atomic E-state index is 0.0353. The molecule has 1 fully saturated rings. The van der Waals surface area contributed by atoms with Crippen molar-refractivity contribution in [2.24, 2.45) is 0 Å². The van der Waals surface area contributed by atoms with Crippen LogP contribution >= 0.6 is 0 Å². The van der Waals surface area contributed by atoms with Crippen molar-refractivity contribution < 1.29 is 32.6 Å². The summed E-state index contributed by atoms with van der Waals surface area (Å²) in [6, 6.07) is 2.28. The van der Waals surface area contributed by atoms with Gasteiger partial charge in [-0.15, -0.1) is 0 Å². The average molecular weight is 389 g/mol. The molecule has 2 N–H and O–H groups in total. The minimum atomic E-state index is -4.54. The fourth-order valence-corrected chi connectivity index (χ4v) is 2.63. The van der Waals surface area contributed by atoms with Crippen LogP contribution in [0.1, 0.15) is 12.5 Å². The molecule has 1 amide bonds. The summed E-state index contributed by atoms with van der Waals surface area (Å²) in [6.07, 6.45) is -4.54. The Kier molecular flexibility index (Phi) is 6.66. The fraction of sp³-hybridized carbons (Fsp3) is 0.529. The Bertz CT molecular complexity index is 690. The third-order valence-corrected chi connectivity index (χ3v) is 4.36. The predicted molar refractivity (Wildman–Crippen MR) is 92.8 cm³/mol. The van der Waals surface area contributed by atoms with Crippen LogP contribution in [0, 0.1) is 0 Å². The number of likely N-dealkylation sites (N-methyl/N-ethyl adjacent to an activating group) is 1. The van der Waals surface area contributed by atoms with Gasteiger partial charge in [0.25, 0.3) is 0 Å². The van der Waals surface area contributed by atoms with E-state index in [1.165, 1.54) is 24.9 Å². The van der Waals surface area contributed by atoms with Crippen molar-refractivity contribution in [1.29, 1.82) is 0 Å². The molecule has 2 rings (SSSR count). The highest BCUT2D eigenvalue weighted by atomic mass is 19.4. The molecule has 0 radical (unpaired) electrons. The number of amides is 1. The summed E-state index contributed by atoms with van der Waals surface area (Å²) in [7, 11) is 1.45. The summed E-state index contributed by atoms with van der Waals surface area (Å²) in [5.74, 6) is -1.70. The number of ether oxygens (including phenoxy) is 1. The monoisotopic (exact) mass is 389 g/mol. The zero-order chi connectivity index (χ0) is 20.2. The highest BCUT2D eigenvalue weighted by molar-refractivity contribution is 5.96. The van der Waals surface area contributed by atoms with Crippen molar-refractivity contribution in [3.63, 3.8) is 0 Å². The second-order valence-corrected chi connectivity index (χ2v) is 6.31. The average Bonchev–Trinajstić information content (AvgIpc) is 2.60. The van der Waals surface area contributed by atoms with Gasteiger partial charge in [0, 0.05) is 13.1 Å². The largest absolute Gasteiger partial charge is 0.480 e. The third-order valence-electron chi connectivity index (χ3n) is 4.36. The molecule has 1 unspecified atom stereocenters. The number of carbonyl (C=O) groups excluding carboxylic acids is 1. The van der Waals surface area contributed by atoms with Gasteiger partial charge < -0.3 is 20.1 Å². The van der Waals surface area contributed by atoms with Crippen LogP contribution in [-0.2, 0) is 20.5 Å². The Morgan fingerprint density at radius 2 is 1.96 bits per heavy atom. The Labute approximate surface area is 154 Å². The fourth-order valence-electron chi connectivity index (χ4n) is 2.63. The van der Waals surface area contributed by atoms with Crippen LogP contribution < -0.4 is 10.2 Å². The number of alkyl halides is 3. The highest BCUT2D eigenvalue weighted by Crippen LogP contribution is 2.35. The first kappa shape index (κ1) is 21.0. The predicted octanol–water partition coefficient (Wildman–Crippen LogP) is 1.89.